The van der Waals surface area contributed by atoms with Crippen molar-refractivity contribution in [3.63, 3.8) is 0 Å². The molecule has 37 heavy (non-hydrogen) atoms. The number of rotatable bonds is 2. The van der Waals surface area contributed by atoms with Gasteiger partial charge in [-0.25, -0.2) is 0 Å². The van der Waals surface area contributed by atoms with Crippen LogP contribution in [0.3, 0.4) is 0 Å². The van der Waals surface area contributed by atoms with Crippen LogP contribution in [0.4, 0.5) is 5.69 Å². The van der Waals surface area contributed by atoms with Gasteiger partial charge in [0, 0.05) is 30.9 Å². The summed E-state index contributed by atoms with van der Waals surface area (Å²) < 4.78 is 2.51. The maximum atomic E-state index is 2.51. The van der Waals surface area contributed by atoms with Crippen LogP contribution in [0.2, 0.25) is 0 Å². The lowest BCUT2D eigenvalue weighted by Crippen LogP contribution is -2.65. The Kier molecular flexibility index (Phi) is 4.13. The van der Waals surface area contributed by atoms with Crippen molar-refractivity contribution in [2.75, 3.05) is 11.9 Å². The first-order valence-electron chi connectivity index (χ1n) is 12.9. The average Bonchev–Trinajstić information content (AvgIpc) is 3.57. The van der Waals surface area contributed by atoms with Gasteiger partial charge in [-0.2, -0.15) is 4.57 Å². The highest BCUT2D eigenvalue weighted by Gasteiger charge is 2.67. The lowest BCUT2D eigenvalue weighted by molar-refractivity contribution is -0.731. The van der Waals surface area contributed by atoms with Crippen LogP contribution >= 0.6 is 0 Å². The van der Waals surface area contributed by atoms with Crippen LogP contribution in [0.25, 0.3) is 28.1 Å². The second kappa shape index (κ2) is 7.44. The molecule has 3 aliphatic rings. The zero-order valence-corrected chi connectivity index (χ0v) is 20.6. The van der Waals surface area contributed by atoms with Crippen LogP contribution in [0.1, 0.15) is 16.7 Å². The number of anilines is 1. The molecule has 1 spiro atoms. The van der Waals surface area contributed by atoms with Crippen molar-refractivity contribution in [3.8, 4) is 22.4 Å². The van der Waals surface area contributed by atoms with Gasteiger partial charge >= 0.3 is 0 Å². The molecule has 4 heterocycles. The van der Waals surface area contributed by atoms with E-state index in [1.807, 2.05) is 0 Å². The Bertz CT molecular complexity index is 1660. The van der Waals surface area contributed by atoms with Gasteiger partial charge in [0.05, 0.1) is 22.5 Å². The Morgan fingerprint density at radius 1 is 0.622 bits per heavy atom. The molecular weight excluding hydrogens is 450 g/mol. The first kappa shape index (κ1) is 20.6. The minimum absolute atomic E-state index is 0.0866. The van der Waals surface area contributed by atoms with Crippen LogP contribution in [-0.2, 0) is 5.54 Å². The monoisotopic (exact) mass is 476 g/mol. The Morgan fingerprint density at radius 3 is 2.11 bits per heavy atom. The fourth-order valence-corrected chi connectivity index (χ4v) is 6.87. The van der Waals surface area contributed by atoms with Gasteiger partial charge in [-0.1, -0.05) is 84.9 Å². The van der Waals surface area contributed by atoms with E-state index in [0.717, 1.165) is 0 Å². The molecule has 3 nitrogen and oxygen atoms in total. The summed E-state index contributed by atoms with van der Waals surface area (Å²) in [6.07, 6.45) is 4.69. The Labute approximate surface area is 217 Å². The van der Waals surface area contributed by atoms with E-state index >= 15 is 0 Å². The Hall–Kier alpha value is -4.63. The summed E-state index contributed by atoms with van der Waals surface area (Å²) >= 11 is 0. The maximum absolute atomic E-state index is 2.51. The first-order chi connectivity index (χ1) is 18.3. The van der Waals surface area contributed by atoms with Crippen LogP contribution < -0.4 is 9.47 Å². The van der Waals surface area contributed by atoms with E-state index in [-0.39, 0.29) is 11.7 Å². The van der Waals surface area contributed by atoms with Crippen molar-refractivity contribution < 1.29 is 4.57 Å². The molecule has 2 unspecified atom stereocenters. The average molecular weight is 477 g/mol. The summed E-state index contributed by atoms with van der Waals surface area (Å²) in [7, 11) is 2.25. The minimum Gasteiger partial charge on any atom is -0.346 e. The number of hydrogen-bond acceptors (Lipinski definition) is 2. The predicted octanol–water partition coefficient (Wildman–Crippen LogP) is 6.50. The molecule has 0 radical (unpaired) electrons. The van der Waals surface area contributed by atoms with Gasteiger partial charge in [-0.3, -0.25) is 0 Å². The number of nitrogens with zero attached hydrogens (tertiary/aromatic N) is 3. The molecule has 0 saturated carbocycles. The minimum atomic E-state index is -0.346. The van der Waals surface area contributed by atoms with Gasteiger partial charge in [-0.05, 0) is 41.0 Å². The lowest BCUT2D eigenvalue weighted by Gasteiger charge is -2.35. The van der Waals surface area contributed by atoms with Crippen molar-refractivity contribution in [2.45, 2.75) is 11.7 Å². The zero-order chi connectivity index (χ0) is 24.6. The van der Waals surface area contributed by atoms with E-state index in [4.69, 9.17) is 0 Å². The quantitative estimate of drug-likeness (QED) is 0.269. The summed E-state index contributed by atoms with van der Waals surface area (Å²) in [6, 6.07) is 44.0. The Morgan fingerprint density at radius 2 is 1.27 bits per heavy atom. The van der Waals surface area contributed by atoms with E-state index in [1.54, 1.807) is 0 Å². The van der Waals surface area contributed by atoms with Crippen molar-refractivity contribution in [3.05, 3.63) is 150 Å². The smallest absolute Gasteiger partial charge is 0.260 e. The Balaban J connectivity index is 1.31. The number of aromatic nitrogens is 1. The predicted molar refractivity (Wildman–Crippen MR) is 149 cm³/mol. The van der Waals surface area contributed by atoms with Crippen LogP contribution in [0, 0.1) is 0 Å². The third kappa shape index (κ3) is 2.58. The molecule has 0 fully saturated rings. The van der Waals surface area contributed by atoms with Crippen molar-refractivity contribution in [1.82, 2.24) is 4.90 Å². The molecule has 0 N–H and O–H groups in total. The largest absolute Gasteiger partial charge is 0.346 e. The molecule has 8 rings (SSSR count). The van der Waals surface area contributed by atoms with E-state index in [0.29, 0.717) is 0 Å². The van der Waals surface area contributed by atoms with Crippen LogP contribution in [0.5, 0.6) is 0 Å². The number of benzene rings is 4. The third-order valence-corrected chi connectivity index (χ3v) is 8.38. The molecule has 3 heteroatoms. The van der Waals surface area contributed by atoms with Gasteiger partial charge in [0.25, 0.3) is 5.54 Å². The molecule has 2 atom stereocenters. The summed E-state index contributed by atoms with van der Waals surface area (Å²) in [6.45, 7) is 0. The van der Waals surface area contributed by atoms with Gasteiger partial charge in [0.15, 0.2) is 12.4 Å². The first-order valence-corrected chi connectivity index (χ1v) is 12.9. The summed E-state index contributed by atoms with van der Waals surface area (Å²) in [5.74, 6) is 0. The van der Waals surface area contributed by atoms with Crippen LogP contribution in [0.15, 0.2) is 134 Å². The number of likely N-dealkylation sites (N-methyl/N-ethyl adjacent to an activating group) is 1. The van der Waals surface area contributed by atoms with Gasteiger partial charge in [0.1, 0.15) is 0 Å². The number of para-hydroxylation sites is 1. The number of fused-ring (bicyclic) bond motifs is 10. The second-order valence-corrected chi connectivity index (χ2v) is 10.1. The van der Waals surface area contributed by atoms with E-state index in [1.165, 1.54) is 50.5 Å². The zero-order valence-electron chi connectivity index (χ0n) is 20.6. The second-order valence-electron chi connectivity index (χ2n) is 10.1. The molecule has 0 bridgehead atoms. The molecule has 0 aliphatic carbocycles. The molecular formula is C34H26N3+. The summed E-state index contributed by atoms with van der Waals surface area (Å²) in [5, 5.41) is 0. The number of hydrogen-bond donors (Lipinski definition) is 0. The van der Waals surface area contributed by atoms with Crippen molar-refractivity contribution >= 4 is 11.4 Å². The van der Waals surface area contributed by atoms with Gasteiger partial charge in [0.2, 0.25) is 5.69 Å². The van der Waals surface area contributed by atoms with Gasteiger partial charge in [-0.15, -0.1) is 0 Å². The van der Waals surface area contributed by atoms with Crippen molar-refractivity contribution in [2.24, 2.45) is 0 Å². The topological polar surface area (TPSA) is 10.4 Å². The summed E-state index contributed by atoms with van der Waals surface area (Å²) in [5.41, 5.74) is 11.2. The lowest BCUT2D eigenvalue weighted by atomic mass is 9.81. The van der Waals surface area contributed by atoms with Crippen LogP contribution in [-0.4, -0.2) is 18.1 Å². The molecule has 3 aliphatic heterocycles. The highest BCUT2D eigenvalue weighted by Crippen LogP contribution is 2.56. The third-order valence-electron chi connectivity index (χ3n) is 8.38. The summed E-state index contributed by atoms with van der Waals surface area (Å²) in [4.78, 5) is 4.96. The van der Waals surface area contributed by atoms with Crippen molar-refractivity contribution in [1.29, 1.82) is 0 Å². The molecule has 176 valence electrons. The molecule has 4 aromatic carbocycles. The maximum Gasteiger partial charge on any atom is 0.260 e. The molecule has 5 aromatic rings. The fraction of sp³-hybridized carbons (Fsp3) is 0.0882. The number of pyridine rings is 1. The SMILES string of the molecule is CN1C(c2ccc(-c3ccccc3)cc2)=CN2c3ccccc3C3(c4ccccc4-c4cccc[n+]43)C12. The van der Waals surface area contributed by atoms with E-state index in [2.05, 4.69) is 155 Å². The van der Waals surface area contributed by atoms with Gasteiger partial charge < -0.3 is 9.80 Å². The standard InChI is InChI=1S/C34H26N3/c1-35-32(26-20-18-25(19-21-26)24-11-3-2-4-12-24)23-36-31-17-8-7-15-29(31)34(33(35)36)28-14-6-5-13-27(28)30-16-9-10-22-37(30)34/h2-23,33H,1H3/q+1. The van der Waals surface area contributed by atoms with E-state index in [9.17, 15) is 0 Å². The molecule has 1 aromatic heterocycles. The molecule has 0 amide bonds. The fourth-order valence-electron chi connectivity index (χ4n) is 6.87. The highest BCUT2D eigenvalue weighted by atomic mass is 15.5. The molecule has 0 saturated heterocycles. The highest BCUT2D eigenvalue weighted by molar-refractivity contribution is 5.82. The normalized spacial score (nSPS) is 20.5. The van der Waals surface area contributed by atoms with E-state index < -0.39 is 0 Å².